The Labute approximate surface area is 119 Å². The van der Waals surface area contributed by atoms with Gasteiger partial charge in [0.2, 0.25) is 0 Å². The van der Waals surface area contributed by atoms with E-state index in [1.165, 1.54) is 0 Å². The number of piperidine rings is 1. The molecule has 1 amide bonds. The highest BCUT2D eigenvalue weighted by Crippen LogP contribution is 2.38. The summed E-state index contributed by atoms with van der Waals surface area (Å²) < 4.78 is 37.9. The molecule has 2 aliphatic heterocycles. The minimum absolute atomic E-state index is 0.0789. The molecule has 1 aromatic carbocycles. The molecule has 0 radical (unpaired) electrons. The van der Waals surface area contributed by atoms with Gasteiger partial charge in [0.25, 0.3) is 5.91 Å². The molecule has 21 heavy (non-hydrogen) atoms. The summed E-state index contributed by atoms with van der Waals surface area (Å²) >= 11 is 0. The van der Waals surface area contributed by atoms with Crippen LogP contribution in [0.3, 0.4) is 0 Å². The molecule has 1 fully saturated rings. The Morgan fingerprint density at radius 3 is 2.52 bits per heavy atom. The average Bonchev–Trinajstić information content (AvgIpc) is 2.73. The lowest BCUT2D eigenvalue weighted by molar-refractivity contribution is -0.179. The highest BCUT2D eigenvalue weighted by molar-refractivity contribution is 6.02. The van der Waals surface area contributed by atoms with Crippen LogP contribution in [0, 0.1) is 5.92 Å². The van der Waals surface area contributed by atoms with Gasteiger partial charge in [-0.3, -0.25) is 4.79 Å². The van der Waals surface area contributed by atoms with E-state index in [1.54, 1.807) is 18.2 Å². The van der Waals surface area contributed by atoms with Crippen molar-refractivity contribution in [3.8, 4) is 0 Å². The van der Waals surface area contributed by atoms with Gasteiger partial charge < -0.3 is 15.3 Å². The minimum Gasteiger partial charge on any atom is -0.378 e. The lowest BCUT2D eigenvalue weighted by Gasteiger charge is -2.34. The Hall–Kier alpha value is -1.76. The number of aliphatic hydroxyl groups excluding tert-OH is 1. The Kier molecular flexibility index (Phi) is 3.32. The number of amides is 1. The summed E-state index contributed by atoms with van der Waals surface area (Å²) in [5.74, 6) is -1.71. The molecule has 4 nitrogen and oxygen atoms in total. The third-order valence-corrected chi connectivity index (χ3v) is 4.16. The van der Waals surface area contributed by atoms with Crippen LogP contribution in [0.5, 0.6) is 0 Å². The molecule has 0 bridgehead atoms. The summed E-state index contributed by atoms with van der Waals surface area (Å²) in [6, 6.07) is 5.08. The number of anilines is 2. The number of nitrogens with zero attached hydrogens (tertiary/aromatic N) is 1. The zero-order valence-electron chi connectivity index (χ0n) is 11.2. The van der Waals surface area contributed by atoms with Gasteiger partial charge in [-0.25, -0.2) is 0 Å². The third kappa shape index (κ3) is 2.57. The molecular formula is C14H15F3N2O2. The standard InChI is InChI=1S/C14H15F3N2O2/c15-14(16,17)8-3-5-19(6-4-8)9-1-2-10-11(7-9)18-13(21)12(10)20/h1-2,7-8,12,20H,3-6H2,(H,18,21). The quantitative estimate of drug-likeness (QED) is 0.837. The van der Waals surface area contributed by atoms with Gasteiger partial charge in [0.15, 0.2) is 6.10 Å². The van der Waals surface area contributed by atoms with Crippen LogP contribution < -0.4 is 10.2 Å². The minimum atomic E-state index is -4.12. The zero-order valence-corrected chi connectivity index (χ0v) is 11.2. The monoisotopic (exact) mass is 300 g/mol. The SMILES string of the molecule is O=C1Nc2cc(N3CCC(C(F)(F)F)CC3)ccc2C1O. The van der Waals surface area contributed by atoms with Crippen LogP contribution >= 0.6 is 0 Å². The van der Waals surface area contributed by atoms with Gasteiger partial charge in [0, 0.05) is 30.0 Å². The van der Waals surface area contributed by atoms with Crippen molar-refractivity contribution in [1.82, 2.24) is 0 Å². The fraction of sp³-hybridized carbons (Fsp3) is 0.500. The van der Waals surface area contributed by atoms with Crippen molar-refractivity contribution >= 4 is 17.3 Å². The van der Waals surface area contributed by atoms with E-state index >= 15 is 0 Å². The maximum Gasteiger partial charge on any atom is 0.391 e. The van der Waals surface area contributed by atoms with E-state index in [4.69, 9.17) is 0 Å². The summed E-state index contributed by atoms with van der Waals surface area (Å²) in [6.07, 6.45) is -5.13. The van der Waals surface area contributed by atoms with Crippen molar-refractivity contribution in [3.05, 3.63) is 23.8 Å². The number of hydrogen-bond acceptors (Lipinski definition) is 3. The first-order chi connectivity index (χ1) is 9.86. The van der Waals surface area contributed by atoms with Gasteiger partial charge in [-0.15, -0.1) is 0 Å². The molecular weight excluding hydrogens is 285 g/mol. The second-order valence-corrected chi connectivity index (χ2v) is 5.47. The van der Waals surface area contributed by atoms with Gasteiger partial charge in [-0.05, 0) is 25.0 Å². The molecule has 3 rings (SSSR count). The molecule has 2 aliphatic rings. The molecule has 1 aromatic rings. The van der Waals surface area contributed by atoms with E-state index in [9.17, 15) is 23.1 Å². The van der Waals surface area contributed by atoms with E-state index in [1.807, 2.05) is 4.90 Å². The highest BCUT2D eigenvalue weighted by atomic mass is 19.4. The summed E-state index contributed by atoms with van der Waals surface area (Å²) in [7, 11) is 0. The molecule has 0 spiro atoms. The van der Waals surface area contributed by atoms with E-state index < -0.39 is 24.1 Å². The molecule has 114 valence electrons. The van der Waals surface area contributed by atoms with Crippen molar-refractivity contribution in [1.29, 1.82) is 0 Å². The number of fused-ring (bicyclic) bond motifs is 1. The normalized spacial score (nSPS) is 23.1. The molecule has 1 atom stereocenters. The first kappa shape index (κ1) is 14.2. The number of halogens is 3. The Bertz CT molecular complexity index is 566. The van der Waals surface area contributed by atoms with Crippen molar-refractivity contribution in [2.45, 2.75) is 25.1 Å². The number of carbonyl (C=O) groups excluding carboxylic acids is 1. The number of nitrogens with one attached hydrogen (secondary N) is 1. The third-order valence-electron chi connectivity index (χ3n) is 4.16. The van der Waals surface area contributed by atoms with Crippen LogP contribution in [0.4, 0.5) is 24.5 Å². The summed E-state index contributed by atoms with van der Waals surface area (Å²) in [5, 5.41) is 12.2. The predicted molar refractivity (Wildman–Crippen MR) is 71.0 cm³/mol. The van der Waals surface area contributed by atoms with Crippen molar-refractivity contribution in [3.63, 3.8) is 0 Å². The Morgan fingerprint density at radius 1 is 1.24 bits per heavy atom. The van der Waals surface area contributed by atoms with Gasteiger partial charge in [-0.2, -0.15) is 13.2 Å². The van der Waals surface area contributed by atoms with E-state index in [2.05, 4.69) is 5.32 Å². The number of carbonyl (C=O) groups is 1. The number of hydrogen-bond donors (Lipinski definition) is 2. The molecule has 1 unspecified atom stereocenters. The van der Waals surface area contributed by atoms with Crippen LogP contribution in [-0.4, -0.2) is 30.3 Å². The molecule has 1 saturated heterocycles. The van der Waals surface area contributed by atoms with Crippen LogP contribution in [0.2, 0.25) is 0 Å². The number of rotatable bonds is 1. The van der Waals surface area contributed by atoms with E-state index in [-0.39, 0.29) is 12.8 Å². The lowest BCUT2D eigenvalue weighted by Crippen LogP contribution is -2.39. The topological polar surface area (TPSA) is 52.6 Å². The number of aliphatic hydroxyl groups is 1. The molecule has 7 heteroatoms. The summed E-state index contributed by atoms with van der Waals surface area (Å²) in [5.41, 5.74) is 1.81. The van der Waals surface area contributed by atoms with Gasteiger partial charge in [0.1, 0.15) is 0 Å². The first-order valence-corrected chi connectivity index (χ1v) is 6.81. The molecule has 0 aliphatic carbocycles. The summed E-state index contributed by atoms with van der Waals surface area (Å²) in [4.78, 5) is 13.2. The number of alkyl halides is 3. The Balaban J connectivity index is 1.73. The van der Waals surface area contributed by atoms with E-state index in [0.717, 1.165) is 5.69 Å². The fourth-order valence-electron chi connectivity index (χ4n) is 2.89. The molecule has 0 aromatic heterocycles. The van der Waals surface area contributed by atoms with Gasteiger partial charge >= 0.3 is 6.18 Å². The molecule has 2 N–H and O–H groups in total. The average molecular weight is 300 g/mol. The highest BCUT2D eigenvalue weighted by Gasteiger charge is 2.41. The van der Waals surface area contributed by atoms with Crippen LogP contribution in [0.1, 0.15) is 24.5 Å². The fourth-order valence-corrected chi connectivity index (χ4v) is 2.89. The lowest BCUT2D eigenvalue weighted by atomic mass is 9.96. The van der Waals surface area contributed by atoms with Crippen LogP contribution in [-0.2, 0) is 4.79 Å². The van der Waals surface area contributed by atoms with Gasteiger partial charge in [0.05, 0.1) is 5.92 Å². The second-order valence-electron chi connectivity index (χ2n) is 5.47. The van der Waals surface area contributed by atoms with Crippen molar-refractivity contribution in [2.24, 2.45) is 5.92 Å². The van der Waals surface area contributed by atoms with Crippen LogP contribution in [0.15, 0.2) is 18.2 Å². The first-order valence-electron chi connectivity index (χ1n) is 6.81. The predicted octanol–water partition coefficient (Wildman–Crippen LogP) is 2.45. The maximum atomic E-state index is 12.6. The van der Waals surface area contributed by atoms with Crippen LogP contribution in [0.25, 0.3) is 0 Å². The Morgan fingerprint density at radius 2 is 1.90 bits per heavy atom. The van der Waals surface area contributed by atoms with Crippen molar-refractivity contribution < 1.29 is 23.1 Å². The van der Waals surface area contributed by atoms with Crippen molar-refractivity contribution in [2.75, 3.05) is 23.3 Å². The second kappa shape index (κ2) is 4.91. The summed E-state index contributed by atoms with van der Waals surface area (Å²) in [6.45, 7) is 0.666. The number of benzene rings is 1. The maximum absolute atomic E-state index is 12.6. The van der Waals surface area contributed by atoms with E-state index in [0.29, 0.717) is 24.3 Å². The largest absolute Gasteiger partial charge is 0.391 e. The zero-order chi connectivity index (χ0) is 15.2. The molecule has 0 saturated carbocycles. The van der Waals surface area contributed by atoms with Gasteiger partial charge in [-0.1, -0.05) is 6.07 Å². The molecule has 2 heterocycles. The smallest absolute Gasteiger partial charge is 0.378 e.